The van der Waals surface area contributed by atoms with Crippen LogP contribution in [-0.4, -0.2) is 10.1 Å². The van der Waals surface area contributed by atoms with E-state index in [1.807, 2.05) is 0 Å². The van der Waals surface area contributed by atoms with Crippen LogP contribution in [0.25, 0.3) is 0 Å². The van der Waals surface area contributed by atoms with Crippen molar-refractivity contribution >= 4 is 15.9 Å². The van der Waals surface area contributed by atoms with E-state index in [0.717, 1.165) is 0 Å². The third-order valence-corrected chi connectivity index (χ3v) is 2.97. The van der Waals surface area contributed by atoms with Gasteiger partial charge in [-0.25, -0.2) is 9.37 Å². The van der Waals surface area contributed by atoms with Gasteiger partial charge in [0.05, 0.1) is 10.6 Å². The highest BCUT2D eigenvalue weighted by atomic mass is 79.9. The van der Waals surface area contributed by atoms with Gasteiger partial charge in [-0.2, -0.15) is 0 Å². The first-order chi connectivity index (χ1) is 8.58. The van der Waals surface area contributed by atoms with Gasteiger partial charge in [-0.15, -0.1) is 0 Å². The van der Waals surface area contributed by atoms with Crippen LogP contribution >= 0.6 is 15.9 Å². The summed E-state index contributed by atoms with van der Waals surface area (Å²) in [5.41, 5.74) is 0.578. The summed E-state index contributed by atoms with van der Waals surface area (Å²) >= 11 is 3.21. The molecule has 1 N–H and O–H groups in total. The maximum atomic E-state index is 13.0. The molecule has 1 heterocycles. The fourth-order valence-corrected chi connectivity index (χ4v) is 1.90. The fraction of sp³-hybridized carbons (Fsp3) is 0.154. The maximum Gasteiger partial charge on any atom is 0.225 e. The van der Waals surface area contributed by atoms with Crippen LogP contribution in [0.2, 0.25) is 0 Å². The first-order valence-electron chi connectivity index (χ1n) is 5.34. The minimum absolute atomic E-state index is 0.305. The molecule has 0 unspecified atom stereocenters. The lowest BCUT2D eigenvalue weighted by molar-refractivity contribution is 0.194. The van der Waals surface area contributed by atoms with E-state index in [1.165, 1.54) is 18.2 Å². The number of nitrogens with zero attached hydrogens (tertiary/aromatic N) is 1. The molecule has 5 heteroatoms. The number of rotatable bonds is 3. The van der Waals surface area contributed by atoms with E-state index < -0.39 is 6.10 Å². The van der Waals surface area contributed by atoms with Gasteiger partial charge >= 0.3 is 0 Å². The Balaban J connectivity index is 2.34. The predicted octanol–water partition coefficient (Wildman–Crippen LogP) is 3.83. The van der Waals surface area contributed by atoms with E-state index >= 15 is 0 Å². The van der Waals surface area contributed by atoms with Crippen molar-refractivity contribution in [3.05, 3.63) is 52.4 Å². The van der Waals surface area contributed by atoms with Crippen molar-refractivity contribution < 1.29 is 14.2 Å². The van der Waals surface area contributed by atoms with Gasteiger partial charge in [-0.05, 0) is 53.2 Å². The minimum Gasteiger partial charge on any atom is -0.437 e. The monoisotopic (exact) mass is 311 g/mol. The number of aliphatic hydroxyl groups excluding tert-OH is 1. The summed E-state index contributed by atoms with van der Waals surface area (Å²) in [5, 5.41) is 9.60. The van der Waals surface area contributed by atoms with Gasteiger partial charge in [0.1, 0.15) is 11.6 Å². The zero-order valence-electron chi connectivity index (χ0n) is 9.60. The standard InChI is InChI=1S/C13H11BrFNO2/c1-8(17)10-3-2-6-16-13(10)18-12-5-4-9(15)7-11(12)14/h2-8,17H,1H3/t8-/m1/s1. The summed E-state index contributed by atoms with van der Waals surface area (Å²) in [6, 6.07) is 7.55. The number of hydrogen-bond donors (Lipinski definition) is 1. The molecule has 0 radical (unpaired) electrons. The number of hydrogen-bond acceptors (Lipinski definition) is 3. The van der Waals surface area contributed by atoms with Gasteiger partial charge in [-0.3, -0.25) is 0 Å². The molecule has 0 amide bonds. The minimum atomic E-state index is -0.687. The van der Waals surface area contributed by atoms with Crippen LogP contribution in [0.4, 0.5) is 4.39 Å². The van der Waals surface area contributed by atoms with Crippen LogP contribution in [-0.2, 0) is 0 Å². The highest BCUT2D eigenvalue weighted by Crippen LogP contribution is 2.32. The highest BCUT2D eigenvalue weighted by molar-refractivity contribution is 9.10. The van der Waals surface area contributed by atoms with Crippen molar-refractivity contribution in [2.45, 2.75) is 13.0 Å². The van der Waals surface area contributed by atoms with Gasteiger partial charge in [0.25, 0.3) is 0 Å². The summed E-state index contributed by atoms with van der Waals surface area (Å²) in [6.45, 7) is 1.63. The molecular weight excluding hydrogens is 301 g/mol. The second-order valence-electron chi connectivity index (χ2n) is 3.75. The van der Waals surface area contributed by atoms with Gasteiger partial charge in [0.15, 0.2) is 0 Å². The summed E-state index contributed by atoms with van der Waals surface area (Å²) < 4.78 is 19.0. The highest BCUT2D eigenvalue weighted by Gasteiger charge is 2.12. The van der Waals surface area contributed by atoms with Gasteiger partial charge in [0.2, 0.25) is 5.88 Å². The lowest BCUT2D eigenvalue weighted by Crippen LogP contribution is -1.98. The van der Waals surface area contributed by atoms with Gasteiger partial charge in [-0.1, -0.05) is 0 Å². The molecule has 0 bridgehead atoms. The molecule has 0 aliphatic heterocycles. The van der Waals surface area contributed by atoms with E-state index in [4.69, 9.17) is 4.74 Å². The van der Waals surface area contributed by atoms with Gasteiger partial charge < -0.3 is 9.84 Å². The molecule has 1 atom stereocenters. The van der Waals surface area contributed by atoms with E-state index in [0.29, 0.717) is 21.7 Å². The van der Waals surface area contributed by atoms with E-state index in [2.05, 4.69) is 20.9 Å². The Morgan fingerprint density at radius 1 is 1.39 bits per heavy atom. The molecule has 94 valence electrons. The largest absolute Gasteiger partial charge is 0.437 e. The van der Waals surface area contributed by atoms with Crippen LogP contribution in [0.5, 0.6) is 11.6 Å². The number of aromatic nitrogens is 1. The van der Waals surface area contributed by atoms with Crippen molar-refractivity contribution in [3.63, 3.8) is 0 Å². The van der Waals surface area contributed by atoms with Crippen LogP contribution in [0, 0.1) is 5.82 Å². The Kier molecular flexibility index (Phi) is 3.93. The molecule has 0 saturated heterocycles. The Labute approximate surface area is 112 Å². The molecule has 1 aromatic carbocycles. The molecule has 1 aromatic heterocycles. The summed E-state index contributed by atoms with van der Waals surface area (Å²) in [4.78, 5) is 4.06. The molecule has 2 aromatic rings. The second kappa shape index (κ2) is 5.46. The summed E-state index contributed by atoms with van der Waals surface area (Å²) in [7, 11) is 0. The topological polar surface area (TPSA) is 42.4 Å². The first kappa shape index (κ1) is 13.0. The van der Waals surface area contributed by atoms with Crippen LogP contribution in [0.15, 0.2) is 41.0 Å². The van der Waals surface area contributed by atoms with Crippen molar-refractivity contribution in [2.75, 3.05) is 0 Å². The van der Waals surface area contributed by atoms with E-state index in [1.54, 1.807) is 25.3 Å². The van der Waals surface area contributed by atoms with E-state index in [-0.39, 0.29) is 5.82 Å². The molecule has 0 saturated carbocycles. The fourth-order valence-electron chi connectivity index (χ4n) is 1.47. The number of aliphatic hydroxyl groups is 1. The first-order valence-corrected chi connectivity index (χ1v) is 6.13. The van der Waals surface area contributed by atoms with Crippen LogP contribution in [0.1, 0.15) is 18.6 Å². The maximum absolute atomic E-state index is 13.0. The number of pyridine rings is 1. The third-order valence-electron chi connectivity index (χ3n) is 2.35. The number of ether oxygens (including phenoxy) is 1. The number of halogens is 2. The predicted molar refractivity (Wildman–Crippen MR) is 69.0 cm³/mol. The van der Waals surface area contributed by atoms with Crippen molar-refractivity contribution in [1.82, 2.24) is 4.98 Å². The van der Waals surface area contributed by atoms with Crippen LogP contribution in [0.3, 0.4) is 0 Å². The van der Waals surface area contributed by atoms with E-state index in [9.17, 15) is 9.50 Å². The van der Waals surface area contributed by atoms with Crippen LogP contribution < -0.4 is 4.74 Å². The molecule has 0 fully saturated rings. The Morgan fingerprint density at radius 3 is 2.83 bits per heavy atom. The molecule has 0 spiro atoms. The molecule has 0 aliphatic rings. The zero-order chi connectivity index (χ0) is 13.1. The summed E-state index contributed by atoms with van der Waals surface area (Å²) in [6.07, 6.45) is 0.881. The normalized spacial score (nSPS) is 12.2. The van der Waals surface area contributed by atoms with Crippen molar-refractivity contribution in [2.24, 2.45) is 0 Å². The second-order valence-corrected chi connectivity index (χ2v) is 4.60. The Hall–Kier alpha value is -1.46. The van der Waals surface area contributed by atoms with Gasteiger partial charge in [0, 0.05) is 11.8 Å². The molecular formula is C13H11BrFNO2. The Bertz CT molecular complexity index is 560. The zero-order valence-corrected chi connectivity index (χ0v) is 11.2. The molecule has 3 nitrogen and oxygen atoms in total. The van der Waals surface area contributed by atoms with Crippen molar-refractivity contribution in [3.8, 4) is 11.6 Å². The lowest BCUT2D eigenvalue weighted by atomic mass is 10.2. The molecule has 18 heavy (non-hydrogen) atoms. The SMILES string of the molecule is C[C@@H](O)c1cccnc1Oc1ccc(F)cc1Br. The quantitative estimate of drug-likeness (QED) is 0.936. The average Bonchev–Trinajstić information content (AvgIpc) is 2.33. The Morgan fingerprint density at radius 2 is 2.17 bits per heavy atom. The molecule has 0 aliphatic carbocycles. The lowest BCUT2D eigenvalue weighted by Gasteiger charge is -2.12. The third kappa shape index (κ3) is 2.86. The smallest absolute Gasteiger partial charge is 0.225 e. The molecule has 2 rings (SSSR count). The number of benzene rings is 1. The summed E-state index contributed by atoms with van der Waals surface area (Å²) in [5.74, 6) is 0.391. The average molecular weight is 312 g/mol. The van der Waals surface area contributed by atoms with Crippen molar-refractivity contribution in [1.29, 1.82) is 0 Å².